The highest BCUT2D eigenvalue weighted by atomic mass is 16.3. The van der Waals surface area contributed by atoms with Crippen LogP contribution in [0.5, 0.6) is 0 Å². The SMILES string of the molecule is CCCCCCCCCCc1ccc2cc3c(ccc4c5ccoc5ccc34)cc2c1. The van der Waals surface area contributed by atoms with E-state index >= 15 is 0 Å². The minimum absolute atomic E-state index is 0.957. The lowest BCUT2D eigenvalue weighted by Crippen LogP contribution is -1.88. The van der Waals surface area contributed by atoms with E-state index in [0.717, 1.165) is 5.58 Å². The molecule has 0 unspecified atom stereocenters. The maximum atomic E-state index is 5.59. The average Bonchev–Trinajstić information content (AvgIpc) is 3.28. The van der Waals surface area contributed by atoms with Gasteiger partial charge in [-0.1, -0.05) is 88.3 Å². The molecule has 0 aliphatic heterocycles. The molecule has 1 heterocycles. The van der Waals surface area contributed by atoms with E-state index in [2.05, 4.69) is 67.6 Å². The van der Waals surface area contributed by atoms with Gasteiger partial charge in [0.15, 0.2) is 0 Å². The number of unbranched alkanes of at least 4 members (excludes halogenated alkanes) is 7. The second kappa shape index (κ2) is 9.14. The Morgan fingerprint density at radius 1 is 0.548 bits per heavy atom. The molecule has 5 rings (SSSR count). The van der Waals surface area contributed by atoms with Crippen molar-refractivity contribution in [2.24, 2.45) is 0 Å². The van der Waals surface area contributed by atoms with Crippen molar-refractivity contribution in [3.8, 4) is 0 Å². The highest BCUT2D eigenvalue weighted by Gasteiger charge is 2.08. The predicted octanol–water partition coefficient (Wildman–Crippen LogP) is 9.58. The lowest BCUT2D eigenvalue weighted by Gasteiger charge is -2.09. The molecule has 0 amide bonds. The monoisotopic (exact) mass is 408 g/mol. The average molecular weight is 409 g/mol. The molecule has 0 fully saturated rings. The molecule has 0 atom stereocenters. The van der Waals surface area contributed by atoms with E-state index in [1.165, 1.54) is 101 Å². The van der Waals surface area contributed by atoms with Crippen molar-refractivity contribution >= 4 is 43.3 Å². The smallest absolute Gasteiger partial charge is 0.134 e. The Morgan fingerprint density at radius 3 is 2.16 bits per heavy atom. The van der Waals surface area contributed by atoms with Crippen LogP contribution in [0, 0.1) is 0 Å². The first kappa shape index (κ1) is 20.1. The van der Waals surface area contributed by atoms with E-state index in [0.29, 0.717) is 0 Å². The van der Waals surface area contributed by atoms with Gasteiger partial charge in [0, 0.05) is 5.39 Å². The van der Waals surface area contributed by atoms with Gasteiger partial charge in [-0.2, -0.15) is 0 Å². The van der Waals surface area contributed by atoms with Crippen LogP contribution < -0.4 is 0 Å². The summed E-state index contributed by atoms with van der Waals surface area (Å²) < 4.78 is 5.59. The third-order valence-corrected chi connectivity index (χ3v) is 6.79. The number of rotatable bonds is 9. The fourth-order valence-corrected chi connectivity index (χ4v) is 5.01. The van der Waals surface area contributed by atoms with Crippen LogP contribution in [0.25, 0.3) is 43.3 Å². The van der Waals surface area contributed by atoms with Gasteiger partial charge >= 0.3 is 0 Å². The third-order valence-electron chi connectivity index (χ3n) is 6.79. The Bertz CT molecular complexity index is 1320. The lowest BCUT2D eigenvalue weighted by atomic mass is 9.95. The Hall–Kier alpha value is -2.80. The Balaban J connectivity index is 1.34. The van der Waals surface area contributed by atoms with Crippen molar-refractivity contribution in [1.29, 1.82) is 0 Å². The van der Waals surface area contributed by atoms with Crippen molar-refractivity contribution in [1.82, 2.24) is 0 Å². The van der Waals surface area contributed by atoms with E-state index in [9.17, 15) is 0 Å². The summed E-state index contributed by atoms with van der Waals surface area (Å²) in [6.07, 6.45) is 14.0. The van der Waals surface area contributed by atoms with E-state index in [1.54, 1.807) is 6.26 Å². The van der Waals surface area contributed by atoms with Crippen LogP contribution >= 0.6 is 0 Å². The first-order chi connectivity index (χ1) is 15.3. The Labute approximate surface area is 185 Å². The Morgan fingerprint density at radius 2 is 1.29 bits per heavy atom. The summed E-state index contributed by atoms with van der Waals surface area (Å²) in [6, 6.07) is 22.6. The number of fused-ring (bicyclic) bond motifs is 6. The zero-order valence-corrected chi connectivity index (χ0v) is 18.6. The standard InChI is InChI=1S/C30H32O/c1-2-3-4-5-6-7-8-9-10-22-11-12-23-21-29-24(20-25(23)19-22)13-14-26-27(29)15-16-30-28(26)17-18-31-30/h11-21H,2-10H2,1H3. The number of aryl methyl sites for hydroxylation is 1. The van der Waals surface area contributed by atoms with Crippen LogP contribution in [0.3, 0.4) is 0 Å². The molecule has 1 nitrogen and oxygen atoms in total. The number of furan rings is 1. The molecule has 0 saturated carbocycles. The maximum absolute atomic E-state index is 5.59. The van der Waals surface area contributed by atoms with Crippen LogP contribution in [0.2, 0.25) is 0 Å². The summed E-state index contributed by atoms with van der Waals surface area (Å²) in [5.74, 6) is 0. The van der Waals surface area contributed by atoms with E-state index < -0.39 is 0 Å². The van der Waals surface area contributed by atoms with Crippen molar-refractivity contribution in [2.45, 2.75) is 64.7 Å². The summed E-state index contributed by atoms with van der Waals surface area (Å²) in [6.45, 7) is 2.28. The molecule has 0 spiro atoms. The van der Waals surface area contributed by atoms with Gasteiger partial charge in [0.05, 0.1) is 6.26 Å². The molecule has 158 valence electrons. The topological polar surface area (TPSA) is 13.1 Å². The van der Waals surface area contributed by atoms with Crippen LogP contribution in [-0.2, 0) is 6.42 Å². The second-order valence-electron chi connectivity index (χ2n) is 9.04. The highest BCUT2D eigenvalue weighted by molar-refractivity contribution is 6.18. The van der Waals surface area contributed by atoms with Crippen LogP contribution in [0.15, 0.2) is 71.3 Å². The van der Waals surface area contributed by atoms with E-state index in [-0.39, 0.29) is 0 Å². The molecular formula is C30H32O. The minimum Gasteiger partial charge on any atom is -0.464 e. The van der Waals surface area contributed by atoms with Gasteiger partial charge in [-0.15, -0.1) is 0 Å². The van der Waals surface area contributed by atoms with Crippen LogP contribution in [0.4, 0.5) is 0 Å². The molecule has 5 aromatic rings. The first-order valence-corrected chi connectivity index (χ1v) is 12.1. The van der Waals surface area contributed by atoms with Crippen molar-refractivity contribution < 1.29 is 4.42 Å². The van der Waals surface area contributed by atoms with Crippen molar-refractivity contribution in [2.75, 3.05) is 0 Å². The van der Waals surface area contributed by atoms with Crippen molar-refractivity contribution in [3.63, 3.8) is 0 Å². The molecule has 0 N–H and O–H groups in total. The second-order valence-corrected chi connectivity index (χ2v) is 9.04. The largest absolute Gasteiger partial charge is 0.464 e. The van der Waals surface area contributed by atoms with Gasteiger partial charge in [0.1, 0.15) is 5.58 Å². The molecule has 0 aliphatic carbocycles. The molecule has 1 heteroatoms. The highest BCUT2D eigenvalue weighted by Crippen LogP contribution is 2.34. The summed E-state index contributed by atoms with van der Waals surface area (Å²) in [5, 5.41) is 9.08. The zero-order valence-electron chi connectivity index (χ0n) is 18.6. The quantitative estimate of drug-likeness (QED) is 0.134. The summed E-state index contributed by atoms with van der Waals surface area (Å²) in [5.41, 5.74) is 2.43. The number of hydrogen-bond donors (Lipinski definition) is 0. The number of hydrogen-bond acceptors (Lipinski definition) is 1. The molecule has 0 saturated heterocycles. The van der Waals surface area contributed by atoms with Gasteiger partial charge < -0.3 is 4.42 Å². The molecule has 0 bridgehead atoms. The van der Waals surface area contributed by atoms with Gasteiger partial charge in [-0.3, -0.25) is 0 Å². The van der Waals surface area contributed by atoms with Crippen molar-refractivity contribution in [3.05, 3.63) is 72.5 Å². The molecule has 0 aliphatic rings. The Kier molecular flexibility index (Phi) is 5.93. The van der Waals surface area contributed by atoms with Crippen LogP contribution in [0.1, 0.15) is 63.9 Å². The molecular weight excluding hydrogens is 376 g/mol. The van der Waals surface area contributed by atoms with Gasteiger partial charge in [-0.05, 0) is 75.0 Å². The predicted molar refractivity (Wildman–Crippen MR) is 135 cm³/mol. The fraction of sp³-hybridized carbons (Fsp3) is 0.333. The van der Waals surface area contributed by atoms with Gasteiger partial charge in [-0.25, -0.2) is 0 Å². The zero-order chi connectivity index (χ0) is 21.0. The van der Waals surface area contributed by atoms with E-state index in [4.69, 9.17) is 4.42 Å². The maximum Gasteiger partial charge on any atom is 0.134 e. The van der Waals surface area contributed by atoms with Crippen LogP contribution in [-0.4, -0.2) is 0 Å². The lowest BCUT2D eigenvalue weighted by molar-refractivity contribution is 0.575. The molecule has 0 radical (unpaired) electrons. The first-order valence-electron chi connectivity index (χ1n) is 12.1. The fourth-order valence-electron chi connectivity index (χ4n) is 5.01. The van der Waals surface area contributed by atoms with Gasteiger partial charge in [0.25, 0.3) is 0 Å². The van der Waals surface area contributed by atoms with Gasteiger partial charge in [0.2, 0.25) is 0 Å². The normalized spacial score (nSPS) is 11.9. The third kappa shape index (κ3) is 4.19. The molecule has 31 heavy (non-hydrogen) atoms. The summed E-state index contributed by atoms with van der Waals surface area (Å²) in [4.78, 5) is 0. The molecule has 1 aromatic heterocycles. The van der Waals surface area contributed by atoms with E-state index in [1.807, 2.05) is 0 Å². The summed E-state index contributed by atoms with van der Waals surface area (Å²) in [7, 11) is 0. The summed E-state index contributed by atoms with van der Waals surface area (Å²) >= 11 is 0. The number of benzene rings is 4. The minimum atomic E-state index is 0.957. The molecule has 4 aromatic carbocycles.